The molecular weight excluding hydrogens is 352 g/mol. The van der Waals surface area contributed by atoms with Gasteiger partial charge in [0.15, 0.2) is 6.29 Å². The minimum atomic E-state index is -2.05. The Bertz CT molecular complexity index is 465. The predicted molar refractivity (Wildman–Crippen MR) is 116 cm³/mol. The average Bonchev–Trinajstić information content (AvgIpc) is 2.61. The number of allylic oxidation sites excluding steroid dienone is 1. The predicted octanol–water partition coefficient (Wildman–Crippen LogP) is 5.86. The first-order valence-corrected chi connectivity index (χ1v) is 11.1. The van der Waals surface area contributed by atoms with Gasteiger partial charge in [0.1, 0.15) is 6.61 Å². The number of rotatable bonds is 16. The normalized spacial score (nSPS) is 16.5. The summed E-state index contributed by atoms with van der Waals surface area (Å²) in [7, 11) is 0. The van der Waals surface area contributed by atoms with Crippen LogP contribution in [0.5, 0.6) is 0 Å². The molecule has 0 aliphatic heterocycles. The highest BCUT2D eigenvalue weighted by Crippen LogP contribution is 2.22. The first kappa shape index (κ1) is 26.8. The molecule has 0 amide bonds. The molecule has 0 heterocycles. The van der Waals surface area contributed by atoms with Crippen LogP contribution in [0.3, 0.4) is 0 Å². The van der Waals surface area contributed by atoms with Crippen molar-refractivity contribution in [2.75, 3.05) is 6.61 Å². The Morgan fingerprint density at radius 2 is 1.46 bits per heavy atom. The molecule has 164 valence electrons. The van der Waals surface area contributed by atoms with Crippen molar-refractivity contribution in [3.8, 4) is 0 Å². The molecule has 3 unspecified atom stereocenters. The van der Waals surface area contributed by atoms with Crippen molar-refractivity contribution >= 4 is 12.3 Å². The average molecular weight is 397 g/mol. The highest BCUT2D eigenvalue weighted by Gasteiger charge is 2.31. The van der Waals surface area contributed by atoms with E-state index in [9.17, 15) is 14.7 Å². The van der Waals surface area contributed by atoms with E-state index in [1.165, 1.54) is 50.5 Å². The zero-order valence-electron chi connectivity index (χ0n) is 19.1. The molecule has 0 radical (unpaired) electrons. The monoisotopic (exact) mass is 396 g/mol. The zero-order valence-corrected chi connectivity index (χ0v) is 19.1. The van der Waals surface area contributed by atoms with E-state index in [2.05, 4.69) is 27.7 Å². The van der Waals surface area contributed by atoms with Crippen molar-refractivity contribution in [2.24, 2.45) is 17.8 Å². The second kappa shape index (κ2) is 14.8. The fourth-order valence-electron chi connectivity index (χ4n) is 3.26. The third-order valence-corrected chi connectivity index (χ3v) is 5.43. The molecule has 3 atom stereocenters. The van der Waals surface area contributed by atoms with E-state index in [0.29, 0.717) is 0 Å². The number of carbonyl (C=O) groups is 2. The summed E-state index contributed by atoms with van der Waals surface area (Å²) in [6, 6.07) is 0. The first-order valence-electron chi connectivity index (χ1n) is 11.1. The highest BCUT2D eigenvalue weighted by atomic mass is 16.5. The molecule has 4 nitrogen and oxygen atoms in total. The van der Waals surface area contributed by atoms with Gasteiger partial charge in [-0.25, -0.2) is 4.79 Å². The van der Waals surface area contributed by atoms with Gasteiger partial charge in [-0.2, -0.15) is 0 Å². The van der Waals surface area contributed by atoms with E-state index in [-0.39, 0.29) is 12.9 Å². The second-order valence-electron chi connectivity index (χ2n) is 9.27. The van der Waals surface area contributed by atoms with Gasteiger partial charge in [0.05, 0.1) is 0 Å². The van der Waals surface area contributed by atoms with Gasteiger partial charge in [-0.05, 0) is 50.5 Å². The molecule has 4 heteroatoms. The highest BCUT2D eigenvalue weighted by molar-refractivity contribution is 5.95. The summed E-state index contributed by atoms with van der Waals surface area (Å²) >= 11 is 0. The molecule has 28 heavy (non-hydrogen) atoms. The molecule has 0 bridgehead atoms. The summed E-state index contributed by atoms with van der Waals surface area (Å²) in [5.74, 6) is 1.51. The van der Waals surface area contributed by atoms with Gasteiger partial charge >= 0.3 is 5.97 Å². The van der Waals surface area contributed by atoms with Crippen molar-refractivity contribution in [3.63, 3.8) is 0 Å². The van der Waals surface area contributed by atoms with Crippen molar-refractivity contribution in [1.82, 2.24) is 0 Å². The quantitative estimate of drug-likeness (QED) is 0.153. The summed E-state index contributed by atoms with van der Waals surface area (Å²) in [6.45, 7) is 12.6. The van der Waals surface area contributed by atoms with Gasteiger partial charge in [-0.1, -0.05) is 78.2 Å². The van der Waals surface area contributed by atoms with E-state index in [1.54, 1.807) is 0 Å². The van der Waals surface area contributed by atoms with Gasteiger partial charge < -0.3 is 9.84 Å². The third-order valence-electron chi connectivity index (χ3n) is 5.43. The Morgan fingerprint density at radius 1 is 0.964 bits per heavy atom. The van der Waals surface area contributed by atoms with Crippen LogP contribution in [0.4, 0.5) is 0 Å². The van der Waals surface area contributed by atoms with Gasteiger partial charge in [0, 0.05) is 0 Å². The zero-order chi connectivity index (χ0) is 21.6. The molecule has 0 aliphatic carbocycles. The smallest absolute Gasteiger partial charge is 0.345 e. The Morgan fingerprint density at radius 3 is 1.96 bits per heavy atom. The Hall–Kier alpha value is -1.16. The topological polar surface area (TPSA) is 63.6 Å². The summed E-state index contributed by atoms with van der Waals surface area (Å²) in [6.07, 6.45) is 13.4. The number of carbonyl (C=O) groups excluding carboxylic acids is 2. The largest absolute Gasteiger partial charge is 0.459 e. The maximum absolute atomic E-state index is 11.5. The summed E-state index contributed by atoms with van der Waals surface area (Å²) in [5, 5.41) is 9.47. The first-order chi connectivity index (χ1) is 13.1. The van der Waals surface area contributed by atoms with Crippen LogP contribution in [0.15, 0.2) is 11.6 Å². The SMILES string of the molecule is C/C(=C\COC(=O)C(C)(O)C=O)CCCC(C)CCCC(C)CCCC(C)C. The number of esters is 1. The Labute approximate surface area is 173 Å². The Kier molecular flexibility index (Phi) is 14.2. The van der Waals surface area contributed by atoms with E-state index >= 15 is 0 Å². The van der Waals surface area contributed by atoms with Crippen LogP contribution >= 0.6 is 0 Å². The minimum absolute atomic E-state index is 0.0961. The standard InChI is InChI=1S/C24H44O4/c1-19(2)10-7-11-20(3)12-8-13-21(4)14-9-15-22(5)16-17-28-23(26)24(6,27)18-25/h16,18-21,27H,7-15,17H2,1-6H3/b22-16+. The van der Waals surface area contributed by atoms with Crippen LogP contribution < -0.4 is 0 Å². The maximum atomic E-state index is 11.5. The molecule has 0 spiro atoms. The van der Waals surface area contributed by atoms with Crippen LogP contribution in [-0.4, -0.2) is 29.6 Å². The van der Waals surface area contributed by atoms with Crippen LogP contribution in [0.25, 0.3) is 0 Å². The lowest BCUT2D eigenvalue weighted by Crippen LogP contribution is -2.38. The van der Waals surface area contributed by atoms with E-state index in [4.69, 9.17) is 4.74 Å². The van der Waals surface area contributed by atoms with E-state index in [0.717, 1.165) is 37.5 Å². The molecule has 0 fully saturated rings. The lowest BCUT2D eigenvalue weighted by molar-refractivity contribution is -0.163. The van der Waals surface area contributed by atoms with Crippen LogP contribution in [0, 0.1) is 17.8 Å². The van der Waals surface area contributed by atoms with Crippen LogP contribution in [0.2, 0.25) is 0 Å². The van der Waals surface area contributed by atoms with Gasteiger partial charge in [0.2, 0.25) is 5.60 Å². The summed E-state index contributed by atoms with van der Waals surface area (Å²) in [4.78, 5) is 22.1. The lowest BCUT2D eigenvalue weighted by atomic mass is 9.91. The van der Waals surface area contributed by atoms with Crippen molar-refractivity contribution in [3.05, 3.63) is 11.6 Å². The van der Waals surface area contributed by atoms with Crippen LogP contribution in [0.1, 0.15) is 99.3 Å². The number of ether oxygens (including phenoxy) is 1. The lowest BCUT2D eigenvalue weighted by Gasteiger charge is -2.15. The molecule has 0 saturated carbocycles. The van der Waals surface area contributed by atoms with Crippen molar-refractivity contribution < 1.29 is 19.4 Å². The van der Waals surface area contributed by atoms with E-state index in [1.807, 2.05) is 13.0 Å². The van der Waals surface area contributed by atoms with Gasteiger partial charge in [-0.3, -0.25) is 4.79 Å². The number of hydrogen-bond acceptors (Lipinski definition) is 4. The van der Waals surface area contributed by atoms with Crippen molar-refractivity contribution in [1.29, 1.82) is 0 Å². The van der Waals surface area contributed by atoms with E-state index < -0.39 is 11.6 Å². The number of aldehydes is 1. The fourth-order valence-corrected chi connectivity index (χ4v) is 3.26. The molecule has 0 aromatic rings. The molecule has 0 rings (SSSR count). The van der Waals surface area contributed by atoms with Crippen LogP contribution in [-0.2, 0) is 14.3 Å². The summed E-state index contributed by atoms with van der Waals surface area (Å²) < 4.78 is 4.92. The molecular formula is C24H44O4. The second-order valence-corrected chi connectivity index (χ2v) is 9.27. The van der Waals surface area contributed by atoms with Gasteiger partial charge in [-0.15, -0.1) is 0 Å². The summed E-state index contributed by atoms with van der Waals surface area (Å²) in [5.41, 5.74) is -0.882. The molecule has 0 aliphatic rings. The molecule has 0 saturated heterocycles. The molecule has 1 N–H and O–H groups in total. The fraction of sp³-hybridized carbons (Fsp3) is 0.833. The number of aliphatic hydroxyl groups is 1. The number of hydrogen-bond donors (Lipinski definition) is 1. The molecule has 0 aromatic heterocycles. The Balaban J connectivity index is 3.83. The molecule has 0 aromatic carbocycles. The van der Waals surface area contributed by atoms with Crippen molar-refractivity contribution in [2.45, 2.75) is 105 Å². The minimum Gasteiger partial charge on any atom is -0.459 e. The van der Waals surface area contributed by atoms with Gasteiger partial charge in [0.25, 0.3) is 0 Å². The third kappa shape index (κ3) is 13.9. The maximum Gasteiger partial charge on any atom is 0.345 e.